The SMILES string of the molecule is COc1ccc(-c2nnc(C3CC3)[nH]2)cc1. The van der Waals surface area contributed by atoms with Crippen molar-refractivity contribution in [1.29, 1.82) is 0 Å². The van der Waals surface area contributed by atoms with Crippen LogP contribution < -0.4 is 4.74 Å². The highest BCUT2D eigenvalue weighted by Crippen LogP contribution is 2.38. The van der Waals surface area contributed by atoms with Crippen LogP contribution in [-0.4, -0.2) is 22.3 Å². The van der Waals surface area contributed by atoms with Crippen LogP contribution >= 0.6 is 0 Å². The summed E-state index contributed by atoms with van der Waals surface area (Å²) in [6.07, 6.45) is 2.47. The first-order chi connectivity index (χ1) is 7.86. The van der Waals surface area contributed by atoms with Crippen LogP contribution in [0.15, 0.2) is 24.3 Å². The Morgan fingerprint density at radius 3 is 2.56 bits per heavy atom. The highest BCUT2D eigenvalue weighted by Gasteiger charge is 2.27. The minimum absolute atomic E-state index is 0.611. The monoisotopic (exact) mass is 215 g/mol. The van der Waals surface area contributed by atoms with Gasteiger partial charge in [-0.05, 0) is 37.1 Å². The Morgan fingerprint density at radius 2 is 1.94 bits per heavy atom. The lowest BCUT2D eigenvalue weighted by Gasteiger charge is -1.99. The molecule has 0 unspecified atom stereocenters. The number of aromatic amines is 1. The van der Waals surface area contributed by atoms with Crippen molar-refractivity contribution >= 4 is 0 Å². The summed E-state index contributed by atoms with van der Waals surface area (Å²) in [7, 11) is 1.66. The fraction of sp³-hybridized carbons (Fsp3) is 0.333. The highest BCUT2D eigenvalue weighted by atomic mass is 16.5. The molecule has 1 aliphatic carbocycles. The van der Waals surface area contributed by atoms with Gasteiger partial charge in [-0.2, -0.15) is 0 Å². The number of H-pyrrole nitrogens is 1. The van der Waals surface area contributed by atoms with Crippen molar-refractivity contribution in [2.75, 3.05) is 7.11 Å². The minimum Gasteiger partial charge on any atom is -0.497 e. The van der Waals surface area contributed by atoms with Gasteiger partial charge in [-0.15, -0.1) is 10.2 Å². The van der Waals surface area contributed by atoms with Crippen molar-refractivity contribution in [1.82, 2.24) is 15.2 Å². The van der Waals surface area contributed by atoms with E-state index in [-0.39, 0.29) is 0 Å². The number of hydrogen-bond acceptors (Lipinski definition) is 3. The van der Waals surface area contributed by atoms with E-state index in [4.69, 9.17) is 4.74 Å². The zero-order chi connectivity index (χ0) is 11.0. The van der Waals surface area contributed by atoms with Gasteiger partial charge in [0.25, 0.3) is 0 Å². The average molecular weight is 215 g/mol. The van der Waals surface area contributed by atoms with Crippen LogP contribution in [0.5, 0.6) is 5.75 Å². The van der Waals surface area contributed by atoms with Crippen LogP contribution in [-0.2, 0) is 0 Å². The van der Waals surface area contributed by atoms with Gasteiger partial charge in [0.15, 0.2) is 5.82 Å². The quantitative estimate of drug-likeness (QED) is 0.855. The third-order valence-corrected chi connectivity index (χ3v) is 2.83. The molecule has 16 heavy (non-hydrogen) atoms. The molecule has 1 aromatic heterocycles. The van der Waals surface area contributed by atoms with Gasteiger partial charge in [0, 0.05) is 11.5 Å². The van der Waals surface area contributed by atoms with Gasteiger partial charge in [-0.25, -0.2) is 0 Å². The molecule has 4 nitrogen and oxygen atoms in total. The molecule has 2 aromatic rings. The van der Waals surface area contributed by atoms with Crippen LogP contribution in [0.25, 0.3) is 11.4 Å². The van der Waals surface area contributed by atoms with Crippen molar-refractivity contribution in [2.24, 2.45) is 0 Å². The van der Waals surface area contributed by atoms with E-state index in [0.717, 1.165) is 23.0 Å². The Hall–Kier alpha value is -1.84. The van der Waals surface area contributed by atoms with Crippen LogP contribution in [0.2, 0.25) is 0 Å². The second-order valence-corrected chi connectivity index (χ2v) is 4.06. The molecule has 82 valence electrons. The van der Waals surface area contributed by atoms with E-state index in [1.54, 1.807) is 7.11 Å². The summed E-state index contributed by atoms with van der Waals surface area (Å²) >= 11 is 0. The number of nitrogens with zero attached hydrogens (tertiary/aromatic N) is 2. The van der Waals surface area contributed by atoms with Gasteiger partial charge >= 0.3 is 0 Å². The largest absolute Gasteiger partial charge is 0.497 e. The number of hydrogen-bond donors (Lipinski definition) is 1. The first-order valence-corrected chi connectivity index (χ1v) is 5.44. The first kappa shape index (κ1) is 9.39. The fourth-order valence-corrected chi connectivity index (χ4v) is 1.69. The van der Waals surface area contributed by atoms with E-state index < -0.39 is 0 Å². The van der Waals surface area contributed by atoms with Gasteiger partial charge in [0.05, 0.1) is 7.11 Å². The molecule has 0 aliphatic heterocycles. The summed E-state index contributed by atoms with van der Waals surface area (Å²) in [4.78, 5) is 3.27. The Morgan fingerprint density at radius 1 is 1.19 bits per heavy atom. The Labute approximate surface area is 93.7 Å². The lowest BCUT2D eigenvalue weighted by Crippen LogP contribution is -1.84. The van der Waals surface area contributed by atoms with E-state index in [2.05, 4.69) is 15.2 Å². The fourth-order valence-electron chi connectivity index (χ4n) is 1.69. The van der Waals surface area contributed by atoms with Crippen LogP contribution in [0.4, 0.5) is 0 Å². The lowest BCUT2D eigenvalue weighted by atomic mass is 10.2. The van der Waals surface area contributed by atoms with Crippen molar-refractivity contribution in [3.8, 4) is 17.1 Å². The number of benzene rings is 1. The highest BCUT2D eigenvalue weighted by molar-refractivity contribution is 5.55. The Kier molecular flexibility index (Phi) is 2.13. The van der Waals surface area contributed by atoms with Crippen LogP contribution in [0, 0.1) is 0 Å². The maximum absolute atomic E-state index is 5.11. The summed E-state index contributed by atoms with van der Waals surface area (Å²) in [5, 5.41) is 8.32. The zero-order valence-electron chi connectivity index (χ0n) is 9.10. The molecule has 0 bridgehead atoms. The van der Waals surface area contributed by atoms with Crippen molar-refractivity contribution in [2.45, 2.75) is 18.8 Å². The number of aromatic nitrogens is 3. The van der Waals surface area contributed by atoms with Crippen LogP contribution in [0.3, 0.4) is 0 Å². The van der Waals surface area contributed by atoms with Crippen LogP contribution in [0.1, 0.15) is 24.6 Å². The molecule has 1 heterocycles. The minimum atomic E-state index is 0.611. The molecule has 0 saturated heterocycles. The second-order valence-electron chi connectivity index (χ2n) is 4.06. The summed E-state index contributed by atoms with van der Waals surface area (Å²) < 4.78 is 5.11. The van der Waals surface area contributed by atoms with E-state index in [1.807, 2.05) is 24.3 Å². The molecule has 1 aliphatic rings. The van der Waals surface area contributed by atoms with E-state index in [9.17, 15) is 0 Å². The molecule has 0 spiro atoms. The molecule has 1 saturated carbocycles. The molecule has 1 aromatic carbocycles. The van der Waals surface area contributed by atoms with Gasteiger partial charge < -0.3 is 9.72 Å². The van der Waals surface area contributed by atoms with Gasteiger partial charge in [0.2, 0.25) is 0 Å². The maximum atomic E-state index is 5.11. The molecule has 0 radical (unpaired) electrons. The van der Waals surface area contributed by atoms with Crippen molar-refractivity contribution in [3.63, 3.8) is 0 Å². The molecule has 1 fully saturated rings. The normalized spacial score (nSPS) is 15.1. The van der Waals surface area contributed by atoms with E-state index >= 15 is 0 Å². The molecule has 3 rings (SSSR count). The smallest absolute Gasteiger partial charge is 0.161 e. The summed E-state index contributed by atoms with van der Waals surface area (Å²) in [5.74, 6) is 3.32. The van der Waals surface area contributed by atoms with Crippen molar-refractivity contribution < 1.29 is 4.74 Å². The van der Waals surface area contributed by atoms with E-state index in [1.165, 1.54) is 12.8 Å². The summed E-state index contributed by atoms with van der Waals surface area (Å²) in [6.45, 7) is 0. The first-order valence-electron chi connectivity index (χ1n) is 5.44. The van der Waals surface area contributed by atoms with Gasteiger partial charge in [0.1, 0.15) is 11.6 Å². The third kappa shape index (κ3) is 1.66. The molecule has 0 atom stereocenters. The molecule has 1 N–H and O–H groups in total. The number of rotatable bonds is 3. The topological polar surface area (TPSA) is 50.8 Å². The summed E-state index contributed by atoms with van der Waals surface area (Å²) in [5.41, 5.74) is 1.04. The number of methoxy groups -OCH3 is 1. The zero-order valence-corrected chi connectivity index (χ0v) is 9.10. The predicted octanol–water partition coefficient (Wildman–Crippen LogP) is 2.36. The second kappa shape index (κ2) is 3.63. The van der Waals surface area contributed by atoms with Crippen molar-refractivity contribution in [3.05, 3.63) is 30.1 Å². The molecule has 0 amide bonds. The van der Waals surface area contributed by atoms with Gasteiger partial charge in [-0.3, -0.25) is 0 Å². The molecule has 4 heteroatoms. The summed E-state index contributed by atoms with van der Waals surface area (Å²) in [6, 6.07) is 7.81. The molecular formula is C12H13N3O. The lowest BCUT2D eigenvalue weighted by molar-refractivity contribution is 0.415. The average Bonchev–Trinajstić information content (AvgIpc) is 3.08. The van der Waals surface area contributed by atoms with E-state index in [0.29, 0.717) is 5.92 Å². The maximum Gasteiger partial charge on any atom is 0.161 e. The Bertz CT molecular complexity index is 485. The standard InChI is InChI=1S/C12H13N3O/c1-16-10-6-4-9(5-7-10)12-13-11(14-15-12)8-2-3-8/h4-8H,2-3H2,1H3,(H,13,14,15). The number of nitrogens with one attached hydrogen (secondary N) is 1. The van der Waals surface area contributed by atoms with Gasteiger partial charge in [-0.1, -0.05) is 0 Å². The Balaban J connectivity index is 1.88. The predicted molar refractivity (Wildman–Crippen MR) is 60.3 cm³/mol. The molecular weight excluding hydrogens is 202 g/mol. The third-order valence-electron chi connectivity index (χ3n) is 2.83. The number of ether oxygens (including phenoxy) is 1.